The number of hydrogen-bond acceptors (Lipinski definition) is 3. The number of aliphatic carboxylic acids is 1. The molecule has 1 amide bonds. The highest BCUT2D eigenvalue weighted by atomic mass is 19.4. The molecule has 0 saturated carbocycles. The van der Waals surface area contributed by atoms with Crippen molar-refractivity contribution in [3.05, 3.63) is 47.3 Å². The molecule has 0 bridgehead atoms. The minimum atomic E-state index is -4.50. The molecule has 2 rings (SSSR count). The van der Waals surface area contributed by atoms with Crippen molar-refractivity contribution in [3.63, 3.8) is 0 Å². The lowest BCUT2D eigenvalue weighted by Gasteiger charge is -2.24. The molecule has 140 valence electrons. The molecule has 0 aliphatic carbocycles. The summed E-state index contributed by atoms with van der Waals surface area (Å²) in [7, 11) is 0. The number of nitrogens with zero attached hydrogens (tertiary/aromatic N) is 2. The number of carbonyl (C=O) groups is 2. The van der Waals surface area contributed by atoms with Crippen molar-refractivity contribution in [3.8, 4) is 5.69 Å². The zero-order valence-corrected chi connectivity index (χ0v) is 14.4. The van der Waals surface area contributed by atoms with E-state index in [9.17, 15) is 27.9 Å². The van der Waals surface area contributed by atoms with Crippen molar-refractivity contribution in [2.45, 2.75) is 38.9 Å². The third-order valence-electron chi connectivity index (χ3n) is 4.24. The molecule has 1 unspecified atom stereocenters. The fourth-order valence-corrected chi connectivity index (χ4v) is 2.32. The Morgan fingerprint density at radius 2 is 1.96 bits per heavy atom. The summed E-state index contributed by atoms with van der Waals surface area (Å²) in [5.41, 5.74) is -1.76. The van der Waals surface area contributed by atoms with E-state index in [-0.39, 0.29) is 17.7 Å². The van der Waals surface area contributed by atoms with Crippen LogP contribution in [0.2, 0.25) is 0 Å². The maximum atomic E-state index is 12.9. The van der Waals surface area contributed by atoms with E-state index in [0.29, 0.717) is 5.69 Å². The van der Waals surface area contributed by atoms with Gasteiger partial charge in [0.05, 0.1) is 28.7 Å². The predicted octanol–water partition coefficient (Wildman–Crippen LogP) is 3.18. The van der Waals surface area contributed by atoms with Gasteiger partial charge in [0, 0.05) is 0 Å². The maximum absolute atomic E-state index is 12.9. The average Bonchev–Trinajstić information content (AvgIpc) is 2.95. The van der Waals surface area contributed by atoms with Gasteiger partial charge in [0.1, 0.15) is 5.54 Å². The lowest BCUT2D eigenvalue weighted by atomic mass is 9.98. The van der Waals surface area contributed by atoms with Crippen LogP contribution in [-0.2, 0) is 11.0 Å². The van der Waals surface area contributed by atoms with Gasteiger partial charge in [0.15, 0.2) is 0 Å². The quantitative estimate of drug-likeness (QED) is 0.848. The third-order valence-corrected chi connectivity index (χ3v) is 4.24. The average molecular weight is 369 g/mol. The van der Waals surface area contributed by atoms with Gasteiger partial charge in [-0.2, -0.15) is 18.3 Å². The van der Waals surface area contributed by atoms with Crippen molar-refractivity contribution < 1.29 is 27.9 Å². The van der Waals surface area contributed by atoms with Crippen LogP contribution in [0, 0.1) is 6.92 Å². The van der Waals surface area contributed by atoms with Crippen LogP contribution in [0.3, 0.4) is 0 Å². The Bertz CT molecular complexity index is 845. The van der Waals surface area contributed by atoms with Crippen LogP contribution in [0.5, 0.6) is 0 Å². The molecule has 0 radical (unpaired) electrons. The van der Waals surface area contributed by atoms with E-state index in [0.717, 1.165) is 12.1 Å². The summed E-state index contributed by atoms with van der Waals surface area (Å²) in [4.78, 5) is 23.7. The fourth-order valence-electron chi connectivity index (χ4n) is 2.32. The van der Waals surface area contributed by atoms with Gasteiger partial charge in [0.25, 0.3) is 5.91 Å². The molecule has 9 heteroatoms. The van der Waals surface area contributed by atoms with Gasteiger partial charge in [-0.25, -0.2) is 9.48 Å². The Morgan fingerprint density at radius 3 is 2.50 bits per heavy atom. The number of nitrogens with one attached hydrogen (secondary N) is 1. The number of halogens is 3. The number of hydrogen-bond donors (Lipinski definition) is 2. The molecule has 1 atom stereocenters. The van der Waals surface area contributed by atoms with Crippen LogP contribution in [0.1, 0.15) is 41.9 Å². The van der Waals surface area contributed by atoms with E-state index in [2.05, 4.69) is 10.4 Å². The zero-order valence-electron chi connectivity index (χ0n) is 14.4. The maximum Gasteiger partial charge on any atom is 0.416 e. The van der Waals surface area contributed by atoms with Gasteiger partial charge >= 0.3 is 12.1 Å². The molecule has 26 heavy (non-hydrogen) atoms. The van der Waals surface area contributed by atoms with Crippen LogP contribution < -0.4 is 5.32 Å². The van der Waals surface area contributed by atoms with Gasteiger partial charge in [-0.1, -0.05) is 13.0 Å². The Morgan fingerprint density at radius 1 is 1.31 bits per heavy atom. The zero-order chi connectivity index (χ0) is 19.7. The first kappa shape index (κ1) is 19.5. The highest BCUT2D eigenvalue weighted by Crippen LogP contribution is 2.30. The summed E-state index contributed by atoms with van der Waals surface area (Å²) in [6.07, 6.45) is -3.14. The van der Waals surface area contributed by atoms with Crippen molar-refractivity contribution >= 4 is 11.9 Å². The summed E-state index contributed by atoms with van der Waals surface area (Å²) in [5.74, 6) is -1.84. The second-order valence-corrected chi connectivity index (χ2v) is 6.05. The highest BCUT2D eigenvalue weighted by Gasteiger charge is 2.34. The molecule has 1 heterocycles. The number of rotatable bonds is 5. The van der Waals surface area contributed by atoms with Crippen LogP contribution >= 0.6 is 0 Å². The van der Waals surface area contributed by atoms with Crippen molar-refractivity contribution in [1.82, 2.24) is 15.1 Å². The summed E-state index contributed by atoms with van der Waals surface area (Å²) in [6.45, 7) is 4.51. The molecule has 0 fully saturated rings. The topological polar surface area (TPSA) is 84.2 Å². The predicted molar refractivity (Wildman–Crippen MR) is 87.1 cm³/mol. The van der Waals surface area contributed by atoms with Gasteiger partial charge in [-0.15, -0.1) is 0 Å². The van der Waals surface area contributed by atoms with Crippen molar-refractivity contribution in [2.24, 2.45) is 0 Å². The summed E-state index contributed by atoms with van der Waals surface area (Å²) >= 11 is 0. The minimum Gasteiger partial charge on any atom is -0.480 e. The van der Waals surface area contributed by atoms with Gasteiger partial charge in [0.2, 0.25) is 0 Å². The van der Waals surface area contributed by atoms with E-state index in [4.69, 9.17) is 0 Å². The molecule has 1 aromatic heterocycles. The number of amides is 1. The van der Waals surface area contributed by atoms with E-state index in [1.807, 2.05) is 0 Å². The highest BCUT2D eigenvalue weighted by molar-refractivity contribution is 5.98. The van der Waals surface area contributed by atoms with Gasteiger partial charge in [-0.05, 0) is 38.5 Å². The minimum absolute atomic E-state index is 0.0864. The smallest absolute Gasteiger partial charge is 0.416 e. The van der Waals surface area contributed by atoms with Crippen LogP contribution in [0.15, 0.2) is 30.5 Å². The SMILES string of the molecule is CCC(C)(NC(=O)c1cnn(-c2cccc(C(F)(F)F)c2)c1C)C(=O)O. The normalized spacial score (nSPS) is 13.9. The molecular weight excluding hydrogens is 351 g/mol. The summed E-state index contributed by atoms with van der Waals surface area (Å²) in [6, 6.07) is 4.55. The molecule has 0 spiro atoms. The molecule has 0 aliphatic heterocycles. The third kappa shape index (κ3) is 3.71. The number of aromatic nitrogens is 2. The monoisotopic (exact) mass is 369 g/mol. The second-order valence-electron chi connectivity index (χ2n) is 6.05. The first-order valence-corrected chi connectivity index (χ1v) is 7.77. The molecule has 6 nitrogen and oxygen atoms in total. The molecule has 1 aromatic carbocycles. The Balaban J connectivity index is 2.36. The van der Waals surface area contributed by atoms with E-state index in [1.165, 1.54) is 36.9 Å². The lowest BCUT2D eigenvalue weighted by molar-refractivity contribution is -0.144. The van der Waals surface area contributed by atoms with E-state index >= 15 is 0 Å². The number of carboxylic acid groups (broad SMARTS) is 1. The molecule has 2 aromatic rings. The summed E-state index contributed by atoms with van der Waals surface area (Å²) < 4.78 is 39.8. The Labute approximate surface area is 147 Å². The van der Waals surface area contributed by atoms with Crippen molar-refractivity contribution in [2.75, 3.05) is 0 Å². The van der Waals surface area contributed by atoms with Crippen LogP contribution in [0.25, 0.3) is 5.69 Å². The standard InChI is InChI=1S/C17H18F3N3O3/c1-4-16(3,15(25)26)22-14(24)13-9-21-23(10(13)2)12-7-5-6-11(8-12)17(18,19)20/h5-9H,4H2,1-3H3,(H,22,24)(H,25,26). The largest absolute Gasteiger partial charge is 0.480 e. The molecular formula is C17H18F3N3O3. The molecule has 2 N–H and O–H groups in total. The van der Waals surface area contributed by atoms with Gasteiger partial charge < -0.3 is 10.4 Å². The first-order valence-electron chi connectivity index (χ1n) is 7.77. The van der Waals surface area contributed by atoms with Crippen molar-refractivity contribution in [1.29, 1.82) is 0 Å². The number of alkyl halides is 3. The molecule has 0 saturated heterocycles. The number of carboxylic acids is 1. The van der Waals surface area contributed by atoms with E-state index in [1.54, 1.807) is 6.92 Å². The Kier molecular flexibility index (Phi) is 5.11. The number of carbonyl (C=O) groups excluding carboxylic acids is 1. The second kappa shape index (κ2) is 6.81. The van der Waals surface area contributed by atoms with E-state index < -0.39 is 29.2 Å². The van der Waals surface area contributed by atoms with Gasteiger partial charge in [-0.3, -0.25) is 4.79 Å². The van der Waals surface area contributed by atoms with Crippen LogP contribution in [-0.4, -0.2) is 32.3 Å². The van der Waals surface area contributed by atoms with Crippen LogP contribution in [0.4, 0.5) is 13.2 Å². The Hall–Kier alpha value is -2.84. The lowest BCUT2D eigenvalue weighted by Crippen LogP contribution is -2.51. The number of benzene rings is 1. The molecule has 0 aliphatic rings. The fraction of sp³-hybridized carbons (Fsp3) is 0.353. The summed E-state index contributed by atoms with van der Waals surface area (Å²) in [5, 5.41) is 15.6. The first-order chi connectivity index (χ1) is 12.0.